The van der Waals surface area contributed by atoms with Crippen molar-refractivity contribution in [1.29, 1.82) is 0 Å². The molecule has 0 spiro atoms. The first-order valence-corrected chi connectivity index (χ1v) is 4.05. The Kier molecular flexibility index (Phi) is 32.1. The van der Waals surface area contributed by atoms with Gasteiger partial charge in [0.05, 0.1) is 0 Å². The molecule has 0 aliphatic carbocycles. The molecule has 0 radical (unpaired) electrons. The molecular weight excluding hydrogens is 146 g/mol. The van der Waals surface area contributed by atoms with Gasteiger partial charge in [-0.1, -0.05) is 45.2 Å². The molecular formula is C11H21N. The van der Waals surface area contributed by atoms with E-state index in [1.54, 1.807) is 13.0 Å². The van der Waals surface area contributed by atoms with Crippen molar-refractivity contribution in [2.24, 2.45) is 4.99 Å². The van der Waals surface area contributed by atoms with E-state index in [1.165, 1.54) is 0 Å². The second-order valence-electron chi connectivity index (χ2n) is 1.65. The number of aliphatic imine (C=N–C) groups is 1. The van der Waals surface area contributed by atoms with Crippen LogP contribution in [0.3, 0.4) is 0 Å². The van der Waals surface area contributed by atoms with Crippen LogP contribution in [0.1, 0.15) is 27.7 Å². The molecule has 0 unspecified atom stereocenters. The van der Waals surface area contributed by atoms with Crippen LogP contribution in [0.4, 0.5) is 0 Å². The van der Waals surface area contributed by atoms with Crippen molar-refractivity contribution in [3.05, 3.63) is 37.1 Å². The highest BCUT2D eigenvalue weighted by Gasteiger charge is 1.59. The molecule has 0 aliphatic heterocycles. The minimum Gasteiger partial charge on any atom is -0.270 e. The van der Waals surface area contributed by atoms with Gasteiger partial charge in [0.1, 0.15) is 0 Å². The van der Waals surface area contributed by atoms with Crippen LogP contribution in [0.2, 0.25) is 0 Å². The van der Waals surface area contributed by atoms with Crippen molar-refractivity contribution < 1.29 is 0 Å². The summed E-state index contributed by atoms with van der Waals surface area (Å²) in [6.07, 6.45) is 5.58. The SMILES string of the molecule is C=C/C=C/C.C=NC(=C)C.CC. The molecule has 0 bridgehead atoms. The molecule has 0 aromatic heterocycles. The van der Waals surface area contributed by atoms with E-state index >= 15 is 0 Å². The lowest BCUT2D eigenvalue weighted by molar-refractivity contribution is 1.35. The summed E-state index contributed by atoms with van der Waals surface area (Å²) in [7, 11) is 0. The van der Waals surface area contributed by atoms with E-state index in [4.69, 9.17) is 0 Å². The van der Waals surface area contributed by atoms with Gasteiger partial charge in [-0.2, -0.15) is 0 Å². The van der Waals surface area contributed by atoms with Crippen LogP contribution in [0.5, 0.6) is 0 Å². The number of hydrogen-bond donors (Lipinski definition) is 0. The second-order valence-corrected chi connectivity index (χ2v) is 1.65. The summed E-state index contributed by atoms with van der Waals surface area (Å²) in [4.78, 5) is 3.44. The topological polar surface area (TPSA) is 12.4 Å². The normalized spacial score (nSPS) is 7.00. The highest BCUT2D eigenvalue weighted by Crippen LogP contribution is 1.80. The summed E-state index contributed by atoms with van der Waals surface area (Å²) < 4.78 is 0. The van der Waals surface area contributed by atoms with Gasteiger partial charge in [0.25, 0.3) is 0 Å². The first-order valence-electron chi connectivity index (χ1n) is 4.05. The molecule has 0 heterocycles. The van der Waals surface area contributed by atoms with Crippen LogP contribution < -0.4 is 0 Å². The van der Waals surface area contributed by atoms with Crippen molar-refractivity contribution in [2.45, 2.75) is 27.7 Å². The number of hydrogen-bond acceptors (Lipinski definition) is 1. The molecule has 70 valence electrons. The molecule has 0 aromatic rings. The smallest absolute Gasteiger partial charge is 0.0293 e. The third-order valence-electron chi connectivity index (χ3n) is 0.598. The van der Waals surface area contributed by atoms with Crippen molar-refractivity contribution in [1.82, 2.24) is 0 Å². The third-order valence-corrected chi connectivity index (χ3v) is 0.598. The Labute approximate surface area is 77.2 Å². The zero-order valence-electron chi connectivity index (χ0n) is 8.80. The van der Waals surface area contributed by atoms with Crippen LogP contribution in [-0.2, 0) is 0 Å². The number of nitrogens with zero attached hydrogens (tertiary/aromatic N) is 1. The fraction of sp³-hybridized carbons (Fsp3) is 0.364. The van der Waals surface area contributed by atoms with Gasteiger partial charge in [-0.15, -0.1) is 0 Å². The minimum absolute atomic E-state index is 0.769. The van der Waals surface area contributed by atoms with Crippen molar-refractivity contribution in [2.75, 3.05) is 0 Å². The van der Waals surface area contributed by atoms with E-state index in [2.05, 4.69) is 24.9 Å². The maximum absolute atomic E-state index is 3.46. The lowest BCUT2D eigenvalue weighted by Crippen LogP contribution is -1.52. The van der Waals surface area contributed by atoms with E-state index in [0.717, 1.165) is 5.70 Å². The fourth-order valence-electron chi connectivity index (χ4n) is 0.136. The van der Waals surface area contributed by atoms with Crippen LogP contribution in [-0.4, -0.2) is 6.72 Å². The molecule has 0 saturated heterocycles. The van der Waals surface area contributed by atoms with Crippen LogP contribution in [0, 0.1) is 0 Å². The fourth-order valence-corrected chi connectivity index (χ4v) is 0.136. The largest absolute Gasteiger partial charge is 0.270 e. The molecule has 12 heavy (non-hydrogen) atoms. The van der Waals surface area contributed by atoms with E-state index in [0.29, 0.717) is 0 Å². The number of rotatable bonds is 2. The van der Waals surface area contributed by atoms with Gasteiger partial charge >= 0.3 is 0 Å². The van der Waals surface area contributed by atoms with Gasteiger partial charge in [-0.3, -0.25) is 4.99 Å². The summed E-state index contributed by atoms with van der Waals surface area (Å²) in [6, 6.07) is 0. The highest BCUT2D eigenvalue weighted by molar-refractivity contribution is 5.27. The zero-order valence-corrected chi connectivity index (χ0v) is 8.80. The van der Waals surface area contributed by atoms with E-state index in [9.17, 15) is 0 Å². The van der Waals surface area contributed by atoms with Gasteiger partial charge in [-0.25, -0.2) is 0 Å². The minimum atomic E-state index is 0.769. The highest BCUT2D eigenvalue weighted by atomic mass is 14.7. The van der Waals surface area contributed by atoms with Gasteiger partial charge in [0.15, 0.2) is 0 Å². The molecule has 0 aliphatic rings. The van der Waals surface area contributed by atoms with E-state index in [1.807, 2.05) is 32.9 Å². The first kappa shape index (κ1) is 17.1. The average molecular weight is 167 g/mol. The summed E-state index contributed by atoms with van der Waals surface area (Å²) in [5.41, 5.74) is 0.769. The predicted molar refractivity (Wildman–Crippen MR) is 60.7 cm³/mol. The number of allylic oxidation sites excluding steroid dienone is 4. The van der Waals surface area contributed by atoms with Crippen molar-refractivity contribution in [3.8, 4) is 0 Å². The van der Waals surface area contributed by atoms with Gasteiger partial charge in [0.2, 0.25) is 0 Å². The Morgan fingerprint density at radius 1 is 1.33 bits per heavy atom. The molecule has 0 rings (SSSR count). The lowest BCUT2D eigenvalue weighted by Gasteiger charge is -1.72. The Morgan fingerprint density at radius 3 is 1.67 bits per heavy atom. The molecule has 0 N–H and O–H groups in total. The van der Waals surface area contributed by atoms with Crippen LogP contribution in [0.25, 0.3) is 0 Å². The zero-order chi connectivity index (χ0) is 10.4. The maximum Gasteiger partial charge on any atom is 0.0293 e. The maximum atomic E-state index is 3.46. The Hall–Kier alpha value is -1.11. The van der Waals surface area contributed by atoms with Crippen molar-refractivity contribution in [3.63, 3.8) is 0 Å². The summed E-state index contributed by atoms with van der Waals surface area (Å²) in [5.74, 6) is 0. The first-order chi connectivity index (χ1) is 5.68. The van der Waals surface area contributed by atoms with Gasteiger partial charge < -0.3 is 0 Å². The third kappa shape index (κ3) is 66.3. The molecule has 0 fully saturated rings. The molecule has 0 saturated carbocycles. The summed E-state index contributed by atoms with van der Waals surface area (Å²) >= 11 is 0. The lowest BCUT2D eigenvalue weighted by atomic mass is 10.5. The molecule has 0 aromatic carbocycles. The second kappa shape index (κ2) is 22.5. The van der Waals surface area contributed by atoms with Crippen LogP contribution in [0.15, 0.2) is 42.1 Å². The molecule has 0 amide bonds. The quantitative estimate of drug-likeness (QED) is 0.435. The Balaban J connectivity index is -0.000000112. The van der Waals surface area contributed by atoms with Crippen LogP contribution >= 0.6 is 0 Å². The molecule has 1 heteroatoms. The predicted octanol–water partition coefficient (Wildman–Crippen LogP) is 4.00. The summed E-state index contributed by atoms with van der Waals surface area (Å²) in [5, 5.41) is 0. The van der Waals surface area contributed by atoms with Gasteiger partial charge in [-0.05, 0) is 20.6 Å². The molecule has 1 nitrogen and oxygen atoms in total. The Morgan fingerprint density at radius 2 is 1.67 bits per heavy atom. The monoisotopic (exact) mass is 167 g/mol. The standard InChI is InChI=1S/C5H8.C4H7N.C2H6/c1-3-5-4-2;1-4(2)5-3;1-2/h3-5H,1H2,2H3;1,3H2,2H3;1-2H3/b5-4+;;. The van der Waals surface area contributed by atoms with E-state index in [-0.39, 0.29) is 0 Å². The average Bonchev–Trinajstić information content (AvgIpc) is 2.10. The summed E-state index contributed by atoms with van der Waals surface area (Å²) in [6.45, 7) is 17.9. The van der Waals surface area contributed by atoms with Crippen molar-refractivity contribution >= 4 is 6.72 Å². The molecule has 0 atom stereocenters. The van der Waals surface area contributed by atoms with Gasteiger partial charge in [0, 0.05) is 5.70 Å². The Bertz CT molecular complexity index is 132. The van der Waals surface area contributed by atoms with E-state index < -0.39 is 0 Å².